The van der Waals surface area contributed by atoms with Crippen molar-refractivity contribution < 1.29 is 0 Å². The highest BCUT2D eigenvalue weighted by Crippen LogP contribution is 2.39. The second kappa shape index (κ2) is 13.9. The first-order valence-corrected chi connectivity index (χ1v) is 11.2. The highest BCUT2D eigenvalue weighted by Gasteiger charge is 2.29. The van der Waals surface area contributed by atoms with Crippen LogP contribution in [0.5, 0.6) is 0 Å². The molecule has 0 amide bonds. The van der Waals surface area contributed by atoms with Gasteiger partial charge in [0.2, 0.25) is 0 Å². The summed E-state index contributed by atoms with van der Waals surface area (Å²) in [5.74, 6) is 4.30. The van der Waals surface area contributed by atoms with Crippen LogP contribution in [0.4, 0.5) is 0 Å². The maximum absolute atomic E-state index is 6.13. The normalized spacial score (nSPS) is 19.0. The van der Waals surface area contributed by atoms with Crippen molar-refractivity contribution >= 4 is 7.85 Å². The SMILES string of the molecule is [B]C(CC)CCC(=C)C(CCC)CC(C)C(C(C)CC)[C@H](C)CCC. The van der Waals surface area contributed by atoms with Crippen LogP contribution < -0.4 is 0 Å². The van der Waals surface area contributed by atoms with Gasteiger partial charge >= 0.3 is 0 Å². The molecule has 0 spiro atoms. The van der Waals surface area contributed by atoms with E-state index in [1.165, 1.54) is 44.1 Å². The molecule has 0 aromatic rings. The van der Waals surface area contributed by atoms with Crippen LogP contribution in [0.2, 0.25) is 5.82 Å². The van der Waals surface area contributed by atoms with E-state index >= 15 is 0 Å². The van der Waals surface area contributed by atoms with Crippen LogP contribution in [0.25, 0.3) is 0 Å². The Morgan fingerprint density at radius 2 is 1.40 bits per heavy atom. The minimum Gasteiger partial charge on any atom is -0.0996 e. The number of rotatable bonds is 15. The summed E-state index contributed by atoms with van der Waals surface area (Å²) in [6.45, 7) is 21.1. The minimum absolute atomic E-state index is 0.342. The predicted molar refractivity (Wildman–Crippen MR) is 117 cm³/mol. The zero-order chi connectivity index (χ0) is 19.4. The molecule has 25 heavy (non-hydrogen) atoms. The van der Waals surface area contributed by atoms with Crippen LogP contribution in [0.3, 0.4) is 0 Å². The quantitative estimate of drug-likeness (QED) is 0.207. The fraction of sp³-hybridized carbons (Fsp3) is 0.917. The van der Waals surface area contributed by atoms with Crippen LogP contribution in [0.15, 0.2) is 12.2 Å². The summed E-state index contributed by atoms with van der Waals surface area (Å²) < 4.78 is 0. The molecule has 0 bridgehead atoms. The lowest BCUT2D eigenvalue weighted by Crippen LogP contribution is -2.28. The Balaban J connectivity index is 4.95. The molecule has 0 N–H and O–H groups in total. The third kappa shape index (κ3) is 9.34. The minimum atomic E-state index is 0.342. The summed E-state index contributed by atoms with van der Waals surface area (Å²) in [5, 5.41) is 0. The average molecular weight is 346 g/mol. The van der Waals surface area contributed by atoms with Gasteiger partial charge in [0.05, 0.1) is 7.85 Å². The second-order valence-electron chi connectivity index (χ2n) is 8.79. The Morgan fingerprint density at radius 1 is 0.800 bits per heavy atom. The molecule has 0 aromatic carbocycles. The Kier molecular flexibility index (Phi) is 13.8. The Labute approximate surface area is 162 Å². The van der Waals surface area contributed by atoms with E-state index in [0.717, 1.165) is 42.9 Å². The Hall–Kier alpha value is -0.195. The van der Waals surface area contributed by atoms with E-state index in [1.54, 1.807) is 0 Å². The summed E-state index contributed by atoms with van der Waals surface area (Å²) in [5.41, 5.74) is 1.46. The van der Waals surface area contributed by atoms with Gasteiger partial charge in [0, 0.05) is 0 Å². The fourth-order valence-corrected chi connectivity index (χ4v) is 4.82. The molecule has 1 heteroatoms. The molecule has 2 radical (unpaired) electrons. The molecule has 0 aliphatic heterocycles. The van der Waals surface area contributed by atoms with Gasteiger partial charge in [-0.25, -0.2) is 0 Å². The van der Waals surface area contributed by atoms with Gasteiger partial charge < -0.3 is 0 Å². The molecule has 0 aliphatic carbocycles. The van der Waals surface area contributed by atoms with E-state index in [2.05, 4.69) is 55.0 Å². The summed E-state index contributed by atoms with van der Waals surface area (Å²) in [4.78, 5) is 0. The largest absolute Gasteiger partial charge is 0.0996 e. The molecule has 0 aliphatic rings. The first-order chi connectivity index (χ1) is 11.8. The van der Waals surface area contributed by atoms with Crippen LogP contribution >= 0.6 is 0 Å². The Morgan fingerprint density at radius 3 is 1.88 bits per heavy atom. The van der Waals surface area contributed by atoms with Crippen LogP contribution in [-0.4, -0.2) is 7.85 Å². The van der Waals surface area contributed by atoms with Gasteiger partial charge in [0.25, 0.3) is 0 Å². The van der Waals surface area contributed by atoms with Crippen LogP contribution in [0, 0.1) is 29.6 Å². The Bertz CT molecular complexity index is 335. The van der Waals surface area contributed by atoms with Crippen molar-refractivity contribution in [3.8, 4) is 0 Å². The van der Waals surface area contributed by atoms with E-state index in [-0.39, 0.29) is 0 Å². The molecule has 0 aromatic heterocycles. The van der Waals surface area contributed by atoms with E-state index < -0.39 is 0 Å². The molecule has 0 heterocycles. The molecule has 5 unspecified atom stereocenters. The summed E-state index contributed by atoms with van der Waals surface area (Å²) in [7, 11) is 6.13. The van der Waals surface area contributed by atoms with Crippen molar-refractivity contribution in [2.75, 3.05) is 0 Å². The molecule has 146 valence electrons. The first-order valence-electron chi connectivity index (χ1n) is 11.2. The topological polar surface area (TPSA) is 0 Å². The van der Waals surface area contributed by atoms with Gasteiger partial charge in [-0.2, -0.15) is 0 Å². The van der Waals surface area contributed by atoms with Crippen molar-refractivity contribution in [1.82, 2.24) is 0 Å². The fourth-order valence-electron chi connectivity index (χ4n) is 4.82. The van der Waals surface area contributed by atoms with Gasteiger partial charge in [0.15, 0.2) is 0 Å². The lowest BCUT2D eigenvalue weighted by atomic mass is 9.69. The van der Waals surface area contributed by atoms with Crippen LogP contribution in [0.1, 0.15) is 106 Å². The first kappa shape index (κ1) is 24.8. The molecule has 0 nitrogen and oxygen atoms in total. The number of allylic oxidation sites excluding steroid dienone is 1. The highest BCUT2D eigenvalue weighted by molar-refractivity contribution is 6.11. The molecule has 0 fully saturated rings. The zero-order valence-electron chi connectivity index (χ0n) is 18.6. The van der Waals surface area contributed by atoms with Crippen molar-refractivity contribution in [2.45, 2.75) is 112 Å². The van der Waals surface area contributed by atoms with Gasteiger partial charge in [-0.3, -0.25) is 0 Å². The average Bonchev–Trinajstić information content (AvgIpc) is 2.58. The predicted octanol–water partition coefficient (Wildman–Crippen LogP) is 8.23. The lowest BCUT2D eigenvalue weighted by Gasteiger charge is -2.36. The second-order valence-corrected chi connectivity index (χ2v) is 8.79. The van der Waals surface area contributed by atoms with Crippen molar-refractivity contribution in [1.29, 1.82) is 0 Å². The zero-order valence-corrected chi connectivity index (χ0v) is 18.6. The van der Waals surface area contributed by atoms with Gasteiger partial charge in [-0.05, 0) is 48.9 Å². The van der Waals surface area contributed by atoms with Gasteiger partial charge in [-0.1, -0.05) is 105 Å². The van der Waals surface area contributed by atoms with E-state index in [1.807, 2.05) is 0 Å². The van der Waals surface area contributed by atoms with Gasteiger partial charge in [0.1, 0.15) is 0 Å². The third-order valence-corrected chi connectivity index (χ3v) is 6.59. The van der Waals surface area contributed by atoms with E-state index in [0.29, 0.717) is 11.7 Å². The number of hydrogen-bond acceptors (Lipinski definition) is 0. The molecule has 0 saturated carbocycles. The highest BCUT2D eigenvalue weighted by atomic mass is 14.3. The van der Waals surface area contributed by atoms with Crippen molar-refractivity contribution in [3.05, 3.63) is 12.2 Å². The number of hydrogen-bond donors (Lipinski definition) is 0. The monoisotopic (exact) mass is 346 g/mol. The summed E-state index contributed by atoms with van der Waals surface area (Å²) >= 11 is 0. The third-order valence-electron chi connectivity index (χ3n) is 6.59. The van der Waals surface area contributed by atoms with Crippen LogP contribution in [-0.2, 0) is 0 Å². The molecule has 0 saturated heterocycles. The van der Waals surface area contributed by atoms with E-state index in [9.17, 15) is 0 Å². The summed E-state index contributed by atoms with van der Waals surface area (Å²) in [6, 6.07) is 0. The van der Waals surface area contributed by atoms with Crippen molar-refractivity contribution in [3.63, 3.8) is 0 Å². The van der Waals surface area contributed by atoms with Gasteiger partial charge in [-0.15, -0.1) is 0 Å². The standard InChI is InChI=1S/C24H47B/c1-9-13-20(7)24(18(5)11-3)21(8)17-22(14-10-2)19(6)15-16-23(25)12-4/h18,20-24H,6,9-17H2,1-5,7-8H3/t18?,20-,21?,22?,23?,24?/m1/s1. The molecule has 6 atom stereocenters. The lowest BCUT2D eigenvalue weighted by molar-refractivity contribution is 0.143. The molecule has 0 rings (SSSR count). The van der Waals surface area contributed by atoms with Crippen molar-refractivity contribution in [2.24, 2.45) is 29.6 Å². The molecular weight excluding hydrogens is 299 g/mol. The maximum atomic E-state index is 6.13. The summed E-state index contributed by atoms with van der Waals surface area (Å²) in [6.07, 6.45) is 11.1. The smallest absolute Gasteiger partial charge is 0.0699 e. The maximum Gasteiger partial charge on any atom is 0.0699 e. The molecular formula is C24H47B. The van der Waals surface area contributed by atoms with E-state index in [4.69, 9.17) is 7.85 Å².